The maximum Gasteiger partial charge on any atom is 0.124 e. The van der Waals surface area contributed by atoms with E-state index < -0.39 is 0 Å². The van der Waals surface area contributed by atoms with Crippen LogP contribution in [0, 0.1) is 5.82 Å². The third-order valence-corrected chi connectivity index (χ3v) is 3.93. The lowest BCUT2D eigenvalue weighted by Gasteiger charge is -2.07. The van der Waals surface area contributed by atoms with Crippen molar-refractivity contribution in [1.29, 1.82) is 0 Å². The van der Waals surface area contributed by atoms with Gasteiger partial charge in [0.15, 0.2) is 0 Å². The summed E-state index contributed by atoms with van der Waals surface area (Å²) in [6.45, 7) is 0. The van der Waals surface area contributed by atoms with Crippen molar-refractivity contribution in [3.63, 3.8) is 0 Å². The summed E-state index contributed by atoms with van der Waals surface area (Å²) in [6.07, 6.45) is 0. The minimum Gasteiger partial charge on any atom is -0.207 e. The first-order chi connectivity index (χ1) is 8.51. The molecule has 5 heteroatoms. The number of rotatable bonds is 2. The SMILES string of the molecule is Fc1cc(CCl)cc(-c2cc(Cl)c(Cl)c(Cl)c2)c1. The van der Waals surface area contributed by atoms with Gasteiger partial charge in [0.25, 0.3) is 0 Å². The van der Waals surface area contributed by atoms with Crippen molar-refractivity contribution in [2.24, 2.45) is 0 Å². The summed E-state index contributed by atoms with van der Waals surface area (Å²) in [4.78, 5) is 0. The van der Waals surface area contributed by atoms with Crippen molar-refractivity contribution >= 4 is 46.4 Å². The van der Waals surface area contributed by atoms with Crippen molar-refractivity contribution in [1.82, 2.24) is 0 Å². The first kappa shape index (κ1) is 14.0. The Kier molecular flexibility index (Phi) is 4.39. The van der Waals surface area contributed by atoms with Gasteiger partial charge in [0.05, 0.1) is 15.1 Å². The topological polar surface area (TPSA) is 0 Å². The second-order valence-electron chi connectivity index (χ2n) is 3.74. The van der Waals surface area contributed by atoms with Crippen molar-refractivity contribution in [3.8, 4) is 11.1 Å². The van der Waals surface area contributed by atoms with Crippen LogP contribution in [0.2, 0.25) is 15.1 Å². The van der Waals surface area contributed by atoms with Gasteiger partial charge in [-0.2, -0.15) is 0 Å². The zero-order valence-corrected chi connectivity index (χ0v) is 12.0. The Morgan fingerprint density at radius 1 is 0.833 bits per heavy atom. The van der Waals surface area contributed by atoms with Gasteiger partial charge in [0, 0.05) is 5.88 Å². The fraction of sp³-hybridized carbons (Fsp3) is 0.0769. The Hall–Kier alpha value is -0.470. The van der Waals surface area contributed by atoms with Crippen molar-refractivity contribution in [3.05, 3.63) is 56.8 Å². The standard InChI is InChI=1S/C13H7Cl4F/c14-6-7-1-8(3-10(18)2-7)9-4-11(15)13(17)12(16)5-9/h1-5H,6H2. The first-order valence-corrected chi connectivity index (χ1v) is 6.68. The van der Waals surface area contributed by atoms with Crippen LogP contribution in [-0.2, 0) is 5.88 Å². The van der Waals surface area contributed by atoms with Gasteiger partial charge in [-0.3, -0.25) is 0 Å². The summed E-state index contributed by atoms with van der Waals surface area (Å²) < 4.78 is 13.4. The van der Waals surface area contributed by atoms with Crippen LogP contribution in [0.3, 0.4) is 0 Å². The molecule has 0 N–H and O–H groups in total. The zero-order chi connectivity index (χ0) is 13.3. The predicted molar refractivity (Wildman–Crippen MR) is 76.4 cm³/mol. The molecule has 0 amide bonds. The Balaban J connectivity index is 2.58. The largest absolute Gasteiger partial charge is 0.207 e. The van der Waals surface area contributed by atoms with E-state index in [4.69, 9.17) is 46.4 Å². The second kappa shape index (κ2) is 5.66. The number of hydrogen-bond donors (Lipinski definition) is 0. The third kappa shape index (κ3) is 2.92. The summed E-state index contributed by atoms with van der Waals surface area (Å²) >= 11 is 23.5. The van der Waals surface area contributed by atoms with E-state index in [0.29, 0.717) is 26.7 Å². The average Bonchev–Trinajstić information content (AvgIpc) is 2.34. The molecule has 0 atom stereocenters. The molecule has 18 heavy (non-hydrogen) atoms. The van der Waals surface area contributed by atoms with Crippen LogP contribution in [0.15, 0.2) is 30.3 Å². The Morgan fingerprint density at radius 3 is 1.94 bits per heavy atom. The lowest BCUT2D eigenvalue weighted by Crippen LogP contribution is -1.86. The van der Waals surface area contributed by atoms with Crippen molar-refractivity contribution < 1.29 is 4.39 Å². The molecule has 94 valence electrons. The van der Waals surface area contributed by atoms with Gasteiger partial charge < -0.3 is 0 Å². The lowest BCUT2D eigenvalue weighted by atomic mass is 10.0. The van der Waals surface area contributed by atoms with Gasteiger partial charge >= 0.3 is 0 Å². The van der Waals surface area contributed by atoms with Crippen LogP contribution in [0.1, 0.15) is 5.56 Å². The number of halogens is 5. The van der Waals surface area contributed by atoms with Gasteiger partial charge in [0.2, 0.25) is 0 Å². The van der Waals surface area contributed by atoms with E-state index in [1.807, 2.05) is 0 Å². The predicted octanol–water partition coefficient (Wildman–Crippen LogP) is 6.19. The normalized spacial score (nSPS) is 10.7. The highest BCUT2D eigenvalue weighted by atomic mass is 35.5. The average molecular weight is 324 g/mol. The fourth-order valence-electron chi connectivity index (χ4n) is 1.62. The molecule has 0 bridgehead atoms. The van der Waals surface area contributed by atoms with E-state index in [0.717, 1.165) is 0 Å². The van der Waals surface area contributed by atoms with E-state index in [1.54, 1.807) is 18.2 Å². The number of benzene rings is 2. The molecule has 0 spiro atoms. The molecule has 0 saturated heterocycles. The molecule has 2 rings (SSSR count). The van der Waals surface area contributed by atoms with Crippen LogP contribution in [0.4, 0.5) is 4.39 Å². The van der Waals surface area contributed by atoms with Crippen LogP contribution >= 0.6 is 46.4 Å². The van der Waals surface area contributed by atoms with Gasteiger partial charge in [-0.15, -0.1) is 11.6 Å². The molecule has 0 nitrogen and oxygen atoms in total. The van der Waals surface area contributed by atoms with Crippen molar-refractivity contribution in [2.75, 3.05) is 0 Å². The van der Waals surface area contributed by atoms with E-state index in [2.05, 4.69) is 0 Å². The summed E-state index contributed by atoms with van der Waals surface area (Å²) in [5.74, 6) is -0.120. The number of alkyl halides is 1. The summed E-state index contributed by atoms with van der Waals surface area (Å²) in [6, 6.07) is 7.85. The van der Waals surface area contributed by atoms with Gasteiger partial charge in [-0.25, -0.2) is 4.39 Å². The molecule has 2 aromatic carbocycles. The minimum absolute atomic E-state index is 0.236. The smallest absolute Gasteiger partial charge is 0.124 e. The fourth-order valence-corrected chi connectivity index (χ4v) is 2.37. The van der Waals surface area contributed by atoms with Gasteiger partial charge in [-0.05, 0) is 47.0 Å². The van der Waals surface area contributed by atoms with E-state index in [9.17, 15) is 4.39 Å². The maximum atomic E-state index is 13.4. The number of hydrogen-bond acceptors (Lipinski definition) is 0. The van der Waals surface area contributed by atoms with E-state index in [-0.39, 0.29) is 16.7 Å². The van der Waals surface area contributed by atoms with Gasteiger partial charge in [0.1, 0.15) is 5.82 Å². The van der Waals surface area contributed by atoms with Crippen LogP contribution in [-0.4, -0.2) is 0 Å². The first-order valence-electron chi connectivity index (χ1n) is 5.01. The van der Waals surface area contributed by atoms with E-state index in [1.165, 1.54) is 12.1 Å². The molecule has 0 fully saturated rings. The summed E-state index contributed by atoms with van der Waals surface area (Å²) in [7, 11) is 0. The quantitative estimate of drug-likeness (QED) is 0.456. The molecule has 0 aliphatic rings. The summed E-state index contributed by atoms with van der Waals surface area (Å²) in [5.41, 5.74) is 2.04. The molecule has 0 aliphatic heterocycles. The molecule has 0 aromatic heterocycles. The third-order valence-electron chi connectivity index (χ3n) is 2.43. The van der Waals surface area contributed by atoms with E-state index >= 15 is 0 Å². The van der Waals surface area contributed by atoms with Crippen LogP contribution in [0.25, 0.3) is 11.1 Å². The highest BCUT2D eigenvalue weighted by Gasteiger charge is 2.09. The Labute approximate surface area is 124 Å². The molecular formula is C13H7Cl4F. The molecule has 0 heterocycles. The molecule has 2 aromatic rings. The summed E-state index contributed by atoms with van der Waals surface area (Å²) in [5, 5.41) is 0.947. The minimum atomic E-state index is -0.356. The van der Waals surface area contributed by atoms with Crippen LogP contribution < -0.4 is 0 Å². The zero-order valence-electron chi connectivity index (χ0n) is 8.98. The Morgan fingerprint density at radius 2 is 1.39 bits per heavy atom. The molecule has 0 saturated carbocycles. The monoisotopic (exact) mass is 322 g/mol. The van der Waals surface area contributed by atoms with Crippen LogP contribution in [0.5, 0.6) is 0 Å². The lowest BCUT2D eigenvalue weighted by molar-refractivity contribution is 0.627. The molecular weight excluding hydrogens is 317 g/mol. The maximum absolute atomic E-state index is 13.4. The molecule has 0 radical (unpaired) electrons. The molecule has 0 aliphatic carbocycles. The highest BCUT2D eigenvalue weighted by molar-refractivity contribution is 6.48. The second-order valence-corrected chi connectivity index (χ2v) is 5.20. The van der Waals surface area contributed by atoms with Crippen molar-refractivity contribution in [2.45, 2.75) is 5.88 Å². The van der Waals surface area contributed by atoms with Gasteiger partial charge in [-0.1, -0.05) is 34.8 Å². The highest BCUT2D eigenvalue weighted by Crippen LogP contribution is 2.35. The Bertz CT molecular complexity index is 573. The molecule has 0 unspecified atom stereocenters.